The van der Waals surface area contributed by atoms with Crippen molar-refractivity contribution in [2.24, 2.45) is 5.73 Å². The zero-order valence-corrected chi connectivity index (χ0v) is 21.0. The second-order valence-electron chi connectivity index (χ2n) is 4.65. The van der Waals surface area contributed by atoms with Crippen molar-refractivity contribution in [3.05, 3.63) is 49.1 Å². The van der Waals surface area contributed by atoms with Crippen molar-refractivity contribution in [2.45, 2.75) is 9.97 Å². The summed E-state index contributed by atoms with van der Waals surface area (Å²) in [7, 11) is 0. The Balaban J connectivity index is 0.00000288. The van der Waals surface area contributed by atoms with Gasteiger partial charge < -0.3 is 20.7 Å². The van der Waals surface area contributed by atoms with E-state index in [1.807, 2.05) is 51.2 Å². The zero-order valence-electron chi connectivity index (χ0n) is 12.5. The molecular formula is C15H11I3NNaO4. The van der Waals surface area contributed by atoms with Crippen LogP contribution in [-0.2, 0) is 4.79 Å². The van der Waals surface area contributed by atoms with Gasteiger partial charge in [0.25, 0.3) is 0 Å². The summed E-state index contributed by atoms with van der Waals surface area (Å²) in [5, 5.41) is 20.4. The molecule has 24 heavy (non-hydrogen) atoms. The van der Waals surface area contributed by atoms with E-state index >= 15 is 0 Å². The van der Waals surface area contributed by atoms with Crippen molar-refractivity contribution in [1.29, 1.82) is 0 Å². The average Bonchev–Trinajstić information content (AvgIpc) is 2.51. The van der Waals surface area contributed by atoms with Gasteiger partial charge in [-0.15, -0.1) is 0 Å². The van der Waals surface area contributed by atoms with Gasteiger partial charge in [0.1, 0.15) is 17.5 Å². The molecule has 0 bridgehead atoms. The third kappa shape index (κ3) is 5.84. The molecular weight excluding hydrogens is 662 g/mol. The molecule has 0 aliphatic rings. The van der Waals surface area contributed by atoms with Crippen LogP contribution >= 0.6 is 67.8 Å². The minimum atomic E-state index is -1.04. The fraction of sp³-hybridized carbons (Fsp3) is 0.133. The van der Waals surface area contributed by atoms with Gasteiger partial charge >= 0.3 is 35.5 Å². The summed E-state index contributed by atoms with van der Waals surface area (Å²) in [5.74, 6) is 0.134. The normalized spacial score (nSPS) is 12.8. The van der Waals surface area contributed by atoms with Crippen LogP contribution in [0.25, 0.3) is 0 Å². The average molecular weight is 673 g/mol. The fourth-order valence-corrected chi connectivity index (χ4v) is 3.61. The van der Waals surface area contributed by atoms with Crippen molar-refractivity contribution in [1.82, 2.24) is 0 Å². The Kier molecular flexibility index (Phi) is 9.57. The molecule has 0 aliphatic carbocycles. The van der Waals surface area contributed by atoms with Crippen molar-refractivity contribution in [2.75, 3.05) is 0 Å². The van der Waals surface area contributed by atoms with Crippen molar-refractivity contribution >= 4 is 73.7 Å². The van der Waals surface area contributed by atoms with Crippen LogP contribution in [0.2, 0.25) is 0 Å². The molecule has 0 amide bonds. The number of alkyl halides is 1. The molecule has 0 radical (unpaired) electrons. The van der Waals surface area contributed by atoms with E-state index in [1.165, 1.54) is 6.07 Å². The number of hydrogen-bond acceptors (Lipinski definition) is 4. The molecule has 0 aliphatic heterocycles. The topological polar surface area (TPSA) is 95.6 Å². The number of halogens is 3. The Morgan fingerprint density at radius 1 is 1.17 bits per heavy atom. The van der Waals surface area contributed by atoms with Crippen LogP contribution in [0, 0.1) is 7.14 Å². The summed E-state index contributed by atoms with van der Waals surface area (Å²) in [6, 6.07) is 9.21. The fourth-order valence-electron chi connectivity index (χ4n) is 1.78. The summed E-state index contributed by atoms with van der Waals surface area (Å²) < 4.78 is 6.87. The van der Waals surface area contributed by atoms with Crippen LogP contribution in [0.3, 0.4) is 0 Å². The summed E-state index contributed by atoms with van der Waals surface area (Å²) >= 11 is 6.11. The van der Waals surface area contributed by atoms with Gasteiger partial charge in [0.2, 0.25) is 0 Å². The number of carbonyl (C=O) groups is 1. The van der Waals surface area contributed by atoms with Gasteiger partial charge in [-0.3, -0.25) is 4.79 Å². The smallest absolute Gasteiger partial charge is 0.872 e. The first-order valence-corrected chi connectivity index (χ1v) is 9.76. The van der Waals surface area contributed by atoms with Crippen molar-refractivity contribution in [3.63, 3.8) is 0 Å². The number of ether oxygens (including phenoxy) is 1. The molecule has 2 aromatic rings. The number of benzene rings is 2. The van der Waals surface area contributed by atoms with Gasteiger partial charge in [0.05, 0.1) is 7.49 Å². The molecule has 2 rings (SSSR count). The van der Waals surface area contributed by atoms with Gasteiger partial charge in [-0.05, 0) is 75.0 Å². The van der Waals surface area contributed by atoms with Crippen LogP contribution in [0.15, 0.2) is 36.4 Å². The number of carboxylic acids is 1. The van der Waals surface area contributed by atoms with E-state index in [0.29, 0.717) is 15.1 Å². The minimum absolute atomic E-state index is 0. The first-order chi connectivity index (χ1) is 10.8. The van der Waals surface area contributed by atoms with Crippen LogP contribution in [0.1, 0.15) is 9.49 Å². The maximum Gasteiger partial charge on any atom is 1.00 e. The number of aliphatic carboxylic acids is 1. The summed E-state index contributed by atoms with van der Waals surface area (Å²) in [4.78, 5) is 11.0. The van der Waals surface area contributed by atoms with Gasteiger partial charge in [-0.1, -0.05) is 40.5 Å². The third-order valence-corrected chi connectivity index (χ3v) is 6.19. The van der Waals surface area contributed by atoms with Gasteiger partial charge in [0.15, 0.2) is 0 Å². The molecule has 9 heteroatoms. The van der Waals surface area contributed by atoms with E-state index in [2.05, 4.69) is 22.6 Å². The Bertz CT molecular complexity index is 745. The van der Waals surface area contributed by atoms with E-state index in [1.54, 1.807) is 24.3 Å². The maximum absolute atomic E-state index is 11.4. The van der Waals surface area contributed by atoms with Gasteiger partial charge in [-0.25, -0.2) is 0 Å². The van der Waals surface area contributed by atoms with E-state index in [4.69, 9.17) is 15.6 Å². The Labute approximate surface area is 202 Å². The first-order valence-electron chi connectivity index (χ1n) is 6.36. The molecule has 0 heterocycles. The summed E-state index contributed by atoms with van der Waals surface area (Å²) in [5.41, 5.74) is 6.48. The Morgan fingerprint density at radius 2 is 1.83 bits per heavy atom. The third-order valence-electron chi connectivity index (χ3n) is 3.01. The van der Waals surface area contributed by atoms with Gasteiger partial charge in [0, 0.05) is 3.57 Å². The predicted octanol–water partition coefficient (Wildman–Crippen LogP) is 0.654. The minimum Gasteiger partial charge on any atom is -0.872 e. The molecule has 122 valence electrons. The van der Waals surface area contributed by atoms with Gasteiger partial charge in [-0.2, -0.15) is 0 Å². The molecule has 0 aromatic heterocycles. The Hall–Kier alpha value is 0.660. The molecule has 0 spiro atoms. The second-order valence-corrected chi connectivity index (χ2v) is 8.32. The number of nitrogens with two attached hydrogens (primary N) is 1. The molecule has 2 atom stereocenters. The number of hydrogen-bond donors (Lipinski definition) is 2. The summed E-state index contributed by atoms with van der Waals surface area (Å²) in [6.07, 6.45) is 0. The monoisotopic (exact) mass is 673 g/mol. The molecule has 0 saturated carbocycles. The van der Waals surface area contributed by atoms with E-state index in [-0.39, 0.29) is 39.2 Å². The largest absolute Gasteiger partial charge is 1.00 e. The molecule has 0 fully saturated rings. The Morgan fingerprint density at radius 3 is 2.38 bits per heavy atom. The second kappa shape index (κ2) is 10.1. The van der Waals surface area contributed by atoms with Crippen LogP contribution in [-0.4, -0.2) is 17.1 Å². The van der Waals surface area contributed by atoms with Crippen LogP contribution in [0.4, 0.5) is 0 Å². The molecule has 3 N–H and O–H groups in total. The maximum atomic E-state index is 11.4. The van der Waals surface area contributed by atoms with Crippen LogP contribution in [0.5, 0.6) is 17.2 Å². The first kappa shape index (κ1) is 22.7. The SMILES string of the molecule is N[C@H](C(=O)O)[C@@H](I)c1ccc(Oc2ccc([O-])c(I)c2)c(I)c1.[Na+]. The van der Waals surface area contributed by atoms with E-state index < -0.39 is 12.0 Å². The molecule has 2 aromatic carbocycles. The predicted molar refractivity (Wildman–Crippen MR) is 110 cm³/mol. The standard InChI is InChI=1S/C15H12I3NO4.Na/c16-9-6-8(2-3-11(9)20)23-12-4-1-7(5-10(12)17)13(18)14(19)15(21)22;/h1-6,13-14,20H,19H2,(H,21,22);/q;+1/p-1/t13-,14-;/m0./s1. The summed E-state index contributed by atoms with van der Waals surface area (Å²) in [6.45, 7) is 0. The quantitative estimate of drug-likeness (QED) is 0.277. The zero-order chi connectivity index (χ0) is 17.1. The number of carboxylic acid groups (broad SMARTS) is 1. The van der Waals surface area contributed by atoms with E-state index in [9.17, 15) is 9.90 Å². The van der Waals surface area contributed by atoms with Crippen molar-refractivity contribution < 1.29 is 49.3 Å². The van der Waals surface area contributed by atoms with Crippen molar-refractivity contribution in [3.8, 4) is 17.2 Å². The van der Waals surface area contributed by atoms with Crippen LogP contribution < -0.4 is 45.1 Å². The molecule has 5 nitrogen and oxygen atoms in total. The molecule has 0 unspecified atom stereocenters. The number of rotatable bonds is 5. The molecule has 0 saturated heterocycles. The van der Waals surface area contributed by atoms with E-state index in [0.717, 1.165) is 9.13 Å².